The van der Waals surface area contributed by atoms with Gasteiger partial charge >= 0.3 is 5.97 Å². The van der Waals surface area contributed by atoms with Crippen LogP contribution in [-0.2, 0) is 49.3 Å². The summed E-state index contributed by atoms with van der Waals surface area (Å²) in [4.78, 5) is 11.8. The molecule has 0 aliphatic rings. The first-order valence-electron chi connectivity index (χ1n) is 18.1. The molecule has 9 nitrogen and oxygen atoms in total. The van der Waals surface area contributed by atoms with Crippen LogP contribution in [0, 0.1) is 0 Å². The summed E-state index contributed by atoms with van der Waals surface area (Å²) in [6.45, 7) is 9.76. The van der Waals surface area contributed by atoms with Gasteiger partial charge in [0.1, 0.15) is 6.61 Å². The second kappa shape index (κ2) is 36.2. The third-order valence-corrected chi connectivity index (χ3v) is 7.32. The summed E-state index contributed by atoms with van der Waals surface area (Å²) in [6, 6.07) is 10.1. The van der Waals surface area contributed by atoms with Gasteiger partial charge in [0.15, 0.2) is 0 Å². The minimum atomic E-state index is -0.127. The van der Waals surface area contributed by atoms with Crippen LogP contribution >= 0.6 is 0 Å². The summed E-state index contributed by atoms with van der Waals surface area (Å²) in [5, 5.41) is 0. The lowest BCUT2D eigenvalue weighted by Gasteiger charge is -2.09. The van der Waals surface area contributed by atoms with Crippen LogP contribution in [-0.4, -0.2) is 98.5 Å². The Morgan fingerprint density at radius 3 is 1.20 bits per heavy atom. The van der Waals surface area contributed by atoms with Crippen molar-refractivity contribution in [3.05, 3.63) is 35.9 Å². The molecule has 0 unspecified atom stereocenters. The highest BCUT2D eigenvalue weighted by atomic mass is 16.6. The molecule has 268 valence electrons. The predicted octanol–water partition coefficient (Wildman–Crippen LogP) is 7.33. The molecular weight excluding hydrogens is 588 g/mol. The minimum Gasteiger partial charge on any atom is -0.463 e. The van der Waals surface area contributed by atoms with Crippen molar-refractivity contribution in [3.63, 3.8) is 0 Å². The standard InChI is InChI=1S/C37H66O9/c1-2-3-4-5-6-7-8-9-10-11-12-13-17-20-37(38)46-34-33-44-30-29-42-26-25-40-22-21-39-23-24-41-27-28-43-31-32-45-35-36-18-15-14-16-19-36/h14-16,18-19H,2-13,17,20-35H2,1H3. The molecule has 1 aromatic rings. The van der Waals surface area contributed by atoms with Crippen LogP contribution in [0.2, 0.25) is 0 Å². The van der Waals surface area contributed by atoms with E-state index in [0.717, 1.165) is 18.4 Å². The lowest BCUT2D eigenvalue weighted by atomic mass is 10.0. The zero-order valence-corrected chi connectivity index (χ0v) is 29.1. The monoisotopic (exact) mass is 654 g/mol. The van der Waals surface area contributed by atoms with Gasteiger partial charge in [0, 0.05) is 6.42 Å². The molecular formula is C37H66O9. The highest BCUT2D eigenvalue weighted by molar-refractivity contribution is 5.69. The Morgan fingerprint density at radius 2 is 0.783 bits per heavy atom. The van der Waals surface area contributed by atoms with E-state index in [0.29, 0.717) is 106 Å². The lowest BCUT2D eigenvalue weighted by Crippen LogP contribution is -2.15. The Kier molecular flexibility index (Phi) is 33.4. The summed E-state index contributed by atoms with van der Waals surface area (Å²) < 4.78 is 43.7. The molecule has 0 aliphatic heterocycles. The summed E-state index contributed by atoms with van der Waals surface area (Å²) in [5.41, 5.74) is 1.16. The normalized spacial score (nSPS) is 11.3. The van der Waals surface area contributed by atoms with Crippen molar-refractivity contribution in [2.45, 2.75) is 103 Å². The van der Waals surface area contributed by atoms with Crippen molar-refractivity contribution in [2.75, 3.05) is 92.5 Å². The van der Waals surface area contributed by atoms with Crippen molar-refractivity contribution in [1.82, 2.24) is 0 Å². The van der Waals surface area contributed by atoms with Gasteiger partial charge in [-0.15, -0.1) is 0 Å². The Bertz CT molecular complexity index is 735. The third-order valence-electron chi connectivity index (χ3n) is 7.32. The fourth-order valence-electron chi connectivity index (χ4n) is 4.66. The molecule has 1 rings (SSSR count). The average Bonchev–Trinajstić information content (AvgIpc) is 3.07. The van der Waals surface area contributed by atoms with E-state index >= 15 is 0 Å². The number of unbranched alkanes of at least 4 members (excludes halogenated alkanes) is 12. The number of rotatable bonds is 37. The van der Waals surface area contributed by atoms with E-state index in [2.05, 4.69) is 6.92 Å². The van der Waals surface area contributed by atoms with Crippen LogP contribution in [0.3, 0.4) is 0 Å². The molecule has 0 aromatic heterocycles. The van der Waals surface area contributed by atoms with Gasteiger partial charge < -0.3 is 37.9 Å². The summed E-state index contributed by atoms with van der Waals surface area (Å²) in [6.07, 6.45) is 17.4. The van der Waals surface area contributed by atoms with Gasteiger partial charge in [-0.1, -0.05) is 114 Å². The molecule has 0 aliphatic carbocycles. The number of ether oxygens (including phenoxy) is 8. The van der Waals surface area contributed by atoms with E-state index in [1.807, 2.05) is 30.3 Å². The van der Waals surface area contributed by atoms with Crippen LogP contribution in [0.25, 0.3) is 0 Å². The van der Waals surface area contributed by atoms with Crippen LogP contribution in [0.15, 0.2) is 30.3 Å². The van der Waals surface area contributed by atoms with E-state index in [-0.39, 0.29) is 5.97 Å². The fourth-order valence-corrected chi connectivity index (χ4v) is 4.66. The van der Waals surface area contributed by atoms with Gasteiger partial charge in [-0.3, -0.25) is 4.79 Å². The maximum atomic E-state index is 11.8. The van der Waals surface area contributed by atoms with Crippen molar-refractivity contribution < 1.29 is 42.7 Å². The molecule has 0 bridgehead atoms. The van der Waals surface area contributed by atoms with Gasteiger partial charge in [0.25, 0.3) is 0 Å². The van der Waals surface area contributed by atoms with Gasteiger partial charge in [-0.25, -0.2) is 0 Å². The fraction of sp³-hybridized carbons (Fsp3) is 0.811. The van der Waals surface area contributed by atoms with Crippen molar-refractivity contribution >= 4 is 5.97 Å². The molecule has 0 saturated carbocycles. The lowest BCUT2D eigenvalue weighted by molar-refractivity contribution is -0.145. The van der Waals surface area contributed by atoms with Gasteiger partial charge in [0.2, 0.25) is 0 Å². The molecule has 0 spiro atoms. The van der Waals surface area contributed by atoms with Gasteiger partial charge in [-0.05, 0) is 12.0 Å². The van der Waals surface area contributed by atoms with Crippen LogP contribution in [0.5, 0.6) is 0 Å². The quantitative estimate of drug-likeness (QED) is 0.0540. The predicted molar refractivity (Wildman–Crippen MR) is 182 cm³/mol. The number of hydrogen-bond donors (Lipinski definition) is 0. The number of carbonyl (C=O) groups excluding carboxylic acids is 1. The molecule has 0 saturated heterocycles. The van der Waals surface area contributed by atoms with Crippen LogP contribution < -0.4 is 0 Å². The highest BCUT2D eigenvalue weighted by Gasteiger charge is 2.03. The van der Waals surface area contributed by atoms with Crippen LogP contribution in [0.4, 0.5) is 0 Å². The number of hydrogen-bond acceptors (Lipinski definition) is 9. The zero-order chi connectivity index (χ0) is 32.9. The Morgan fingerprint density at radius 1 is 0.435 bits per heavy atom. The van der Waals surface area contributed by atoms with Crippen molar-refractivity contribution in [3.8, 4) is 0 Å². The van der Waals surface area contributed by atoms with E-state index in [1.165, 1.54) is 70.6 Å². The largest absolute Gasteiger partial charge is 0.463 e. The first kappa shape index (κ1) is 42.4. The first-order valence-corrected chi connectivity index (χ1v) is 18.1. The number of benzene rings is 1. The molecule has 0 fully saturated rings. The Hall–Kier alpha value is -1.59. The molecule has 0 heterocycles. The van der Waals surface area contributed by atoms with Gasteiger partial charge in [-0.2, -0.15) is 0 Å². The first-order chi connectivity index (χ1) is 22.8. The maximum absolute atomic E-state index is 11.8. The summed E-state index contributed by atoms with van der Waals surface area (Å²) in [7, 11) is 0. The maximum Gasteiger partial charge on any atom is 0.305 e. The van der Waals surface area contributed by atoms with E-state index < -0.39 is 0 Å². The minimum absolute atomic E-state index is 0.127. The molecule has 0 radical (unpaired) electrons. The zero-order valence-electron chi connectivity index (χ0n) is 29.1. The van der Waals surface area contributed by atoms with E-state index in [1.54, 1.807) is 0 Å². The van der Waals surface area contributed by atoms with E-state index in [9.17, 15) is 4.79 Å². The number of esters is 1. The molecule has 0 N–H and O–H groups in total. The topological polar surface area (TPSA) is 90.9 Å². The third kappa shape index (κ3) is 32.4. The SMILES string of the molecule is CCCCCCCCCCCCCCCC(=O)OCCOCCOCCOCCOCCOCCOCCOCc1ccccc1. The smallest absolute Gasteiger partial charge is 0.305 e. The summed E-state index contributed by atoms with van der Waals surface area (Å²) >= 11 is 0. The number of carbonyl (C=O) groups is 1. The molecule has 1 aromatic carbocycles. The van der Waals surface area contributed by atoms with E-state index in [4.69, 9.17) is 37.9 Å². The Labute approximate surface area is 280 Å². The average molecular weight is 655 g/mol. The van der Waals surface area contributed by atoms with Crippen molar-refractivity contribution in [1.29, 1.82) is 0 Å². The molecule has 46 heavy (non-hydrogen) atoms. The van der Waals surface area contributed by atoms with Crippen LogP contribution in [0.1, 0.15) is 102 Å². The van der Waals surface area contributed by atoms with Gasteiger partial charge in [0.05, 0.1) is 92.5 Å². The second-order valence-corrected chi connectivity index (χ2v) is 11.4. The summed E-state index contributed by atoms with van der Waals surface area (Å²) in [5.74, 6) is -0.127. The molecule has 0 amide bonds. The molecule has 0 atom stereocenters. The second-order valence-electron chi connectivity index (χ2n) is 11.4. The molecule has 9 heteroatoms. The van der Waals surface area contributed by atoms with Crippen molar-refractivity contribution in [2.24, 2.45) is 0 Å². The highest BCUT2D eigenvalue weighted by Crippen LogP contribution is 2.13. The Balaban J connectivity index is 1.65.